The number of rotatable bonds is 7. The molecule has 0 aliphatic heterocycles. The minimum Gasteiger partial charge on any atom is -0.382 e. The van der Waals surface area contributed by atoms with Gasteiger partial charge in [0, 0.05) is 13.2 Å². The van der Waals surface area contributed by atoms with E-state index >= 15 is 0 Å². The molecule has 0 radical (unpaired) electrons. The smallest absolute Gasteiger partial charge is 0.246 e. The van der Waals surface area contributed by atoms with Gasteiger partial charge in [-0.2, -0.15) is 0 Å². The Morgan fingerprint density at radius 3 is 2.69 bits per heavy atom. The van der Waals surface area contributed by atoms with Crippen LogP contribution in [0.5, 0.6) is 0 Å². The lowest BCUT2D eigenvalue weighted by atomic mass is 10.00. The summed E-state index contributed by atoms with van der Waals surface area (Å²) in [5.74, 6) is 0.637. The lowest BCUT2D eigenvalue weighted by molar-refractivity contribution is -0.127. The first-order valence-corrected chi connectivity index (χ1v) is 6.10. The molecule has 0 bridgehead atoms. The third kappa shape index (κ3) is 4.94. The van der Waals surface area contributed by atoms with E-state index in [1.54, 1.807) is 7.11 Å². The van der Waals surface area contributed by atoms with Gasteiger partial charge >= 0.3 is 0 Å². The maximum absolute atomic E-state index is 11.5. The third-order valence-electron chi connectivity index (χ3n) is 3.16. The van der Waals surface area contributed by atoms with Crippen LogP contribution in [0, 0.1) is 5.92 Å². The second kappa shape index (κ2) is 7.63. The molecule has 0 unspecified atom stereocenters. The van der Waals surface area contributed by atoms with Gasteiger partial charge in [0.05, 0.1) is 13.2 Å². The molecule has 1 saturated carbocycles. The number of hydrogen-bond acceptors (Lipinski definition) is 3. The van der Waals surface area contributed by atoms with E-state index in [2.05, 4.69) is 12.2 Å². The predicted octanol–water partition coefficient (Wildman–Crippen LogP) is 1.34. The topological polar surface area (TPSA) is 47.6 Å². The van der Waals surface area contributed by atoms with Crippen molar-refractivity contribution in [2.24, 2.45) is 5.92 Å². The summed E-state index contributed by atoms with van der Waals surface area (Å²) in [6.07, 6.45) is 5.09. The number of amides is 1. The van der Waals surface area contributed by atoms with Crippen LogP contribution in [0.1, 0.15) is 32.6 Å². The summed E-state index contributed by atoms with van der Waals surface area (Å²) in [6.45, 7) is 3.23. The molecule has 1 rings (SSSR count). The van der Waals surface area contributed by atoms with Gasteiger partial charge in [-0.15, -0.1) is 0 Å². The summed E-state index contributed by atoms with van der Waals surface area (Å²) >= 11 is 0. The van der Waals surface area contributed by atoms with E-state index in [4.69, 9.17) is 9.47 Å². The second-order valence-corrected chi connectivity index (χ2v) is 4.45. The molecular formula is C12H23NO3. The number of carbonyl (C=O) groups is 1. The van der Waals surface area contributed by atoms with Gasteiger partial charge in [0.15, 0.2) is 0 Å². The first-order chi connectivity index (χ1) is 7.74. The van der Waals surface area contributed by atoms with Crippen molar-refractivity contribution in [1.82, 2.24) is 5.32 Å². The predicted molar refractivity (Wildman–Crippen MR) is 62.3 cm³/mol. The third-order valence-corrected chi connectivity index (χ3v) is 3.16. The number of nitrogens with one attached hydrogen (secondary N) is 1. The molecule has 16 heavy (non-hydrogen) atoms. The zero-order valence-corrected chi connectivity index (χ0v) is 10.3. The Morgan fingerprint density at radius 2 is 2.06 bits per heavy atom. The Balaban J connectivity index is 2.08. The lowest BCUT2D eigenvalue weighted by Gasteiger charge is -2.20. The monoisotopic (exact) mass is 229 g/mol. The van der Waals surface area contributed by atoms with Crippen LogP contribution in [-0.4, -0.2) is 38.9 Å². The summed E-state index contributed by atoms with van der Waals surface area (Å²) in [6, 6.07) is 0.279. The summed E-state index contributed by atoms with van der Waals surface area (Å²) in [5.41, 5.74) is 0. The van der Waals surface area contributed by atoms with E-state index in [1.165, 1.54) is 25.7 Å². The Kier molecular flexibility index (Phi) is 6.42. The van der Waals surface area contributed by atoms with Crippen LogP contribution >= 0.6 is 0 Å². The highest BCUT2D eigenvalue weighted by atomic mass is 16.5. The van der Waals surface area contributed by atoms with E-state index < -0.39 is 0 Å². The molecule has 0 aromatic carbocycles. The SMILES string of the molecule is COCCOCC(=O)N[C@@H](C)C1CCCC1. The quantitative estimate of drug-likeness (QED) is 0.670. The molecule has 1 fully saturated rings. The van der Waals surface area contributed by atoms with Crippen molar-refractivity contribution in [3.8, 4) is 0 Å². The van der Waals surface area contributed by atoms with Crippen LogP contribution in [0.2, 0.25) is 0 Å². The van der Waals surface area contributed by atoms with E-state index in [9.17, 15) is 4.79 Å². The van der Waals surface area contributed by atoms with Gasteiger partial charge in [0.25, 0.3) is 0 Å². The Bertz CT molecular complexity index is 202. The molecule has 1 N–H and O–H groups in total. The molecule has 1 aliphatic rings. The normalized spacial score (nSPS) is 18.6. The zero-order valence-electron chi connectivity index (χ0n) is 10.3. The van der Waals surface area contributed by atoms with Crippen molar-refractivity contribution < 1.29 is 14.3 Å². The minimum absolute atomic E-state index is 0.0181. The van der Waals surface area contributed by atoms with E-state index in [0.717, 1.165) is 0 Å². The largest absolute Gasteiger partial charge is 0.382 e. The second-order valence-electron chi connectivity index (χ2n) is 4.45. The molecule has 1 aliphatic carbocycles. The van der Waals surface area contributed by atoms with Crippen molar-refractivity contribution in [2.45, 2.75) is 38.6 Å². The molecule has 1 amide bonds. The van der Waals surface area contributed by atoms with Gasteiger partial charge in [-0.25, -0.2) is 0 Å². The first kappa shape index (κ1) is 13.5. The Hall–Kier alpha value is -0.610. The number of ether oxygens (including phenoxy) is 2. The maximum atomic E-state index is 11.5. The first-order valence-electron chi connectivity index (χ1n) is 6.10. The van der Waals surface area contributed by atoms with Crippen molar-refractivity contribution in [3.63, 3.8) is 0 Å². The van der Waals surface area contributed by atoms with Crippen molar-refractivity contribution >= 4 is 5.91 Å². The van der Waals surface area contributed by atoms with E-state index in [0.29, 0.717) is 19.1 Å². The molecule has 4 heteroatoms. The lowest BCUT2D eigenvalue weighted by Crippen LogP contribution is -2.39. The van der Waals surface area contributed by atoms with Gasteiger partial charge in [-0.1, -0.05) is 12.8 Å². The number of carbonyl (C=O) groups excluding carboxylic acids is 1. The van der Waals surface area contributed by atoms with Crippen molar-refractivity contribution in [3.05, 3.63) is 0 Å². The molecular weight excluding hydrogens is 206 g/mol. The average molecular weight is 229 g/mol. The standard InChI is InChI=1S/C12H23NO3/c1-10(11-5-3-4-6-11)13-12(14)9-16-8-7-15-2/h10-11H,3-9H2,1-2H3,(H,13,14)/t10-/m0/s1. The minimum atomic E-state index is -0.0181. The summed E-state index contributed by atoms with van der Waals surface area (Å²) in [5, 5.41) is 2.99. The highest BCUT2D eigenvalue weighted by molar-refractivity contribution is 5.77. The Morgan fingerprint density at radius 1 is 1.38 bits per heavy atom. The van der Waals surface area contributed by atoms with Crippen molar-refractivity contribution in [1.29, 1.82) is 0 Å². The molecule has 0 aromatic rings. The van der Waals surface area contributed by atoms with E-state index in [1.807, 2.05) is 0 Å². The highest BCUT2D eigenvalue weighted by Crippen LogP contribution is 2.27. The molecule has 1 atom stereocenters. The van der Waals surface area contributed by atoms with Gasteiger partial charge in [0.2, 0.25) is 5.91 Å². The maximum Gasteiger partial charge on any atom is 0.246 e. The molecule has 0 aromatic heterocycles. The number of methoxy groups -OCH3 is 1. The molecule has 94 valence electrons. The molecule has 0 heterocycles. The summed E-state index contributed by atoms with van der Waals surface area (Å²) in [4.78, 5) is 11.5. The zero-order chi connectivity index (χ0) is 11.8. The van der Waals surface area contributed by atoms with E-state index in [-0.39, 0.29) is 18.6 Å². The highest BCUT2D eigenvalue weighted by Gasteiger charge is 2.22. The fourth-order valence-corrected chi connectivity index (χ4v) is 2.18. The van der Waals surface area contributed by atoms with Crippen LogP contribution < -0.4 is 5.32 Å². The number of hydrogen-bond donors (Lipinski definition) is 1. The fraction of sp³-hybridized carbons (Fsp3) is 0.917. The molecule has 0 spiro atoms. The molecule has 0 saturated heterocycles. The average Bonchev–Trinajstić information content (AvgIpc) is 2.77. The van der Waals surface area contributed by atoms with Crippen LogP contribution in [0.15, 0.2) is 0 Å². The fourth-order valence-electron chi connectivity index (χ4n) is 2.18. The van der Waals surface area contributed by atoms with Gasteiger partial charge < -0.3 is 14.8 Å². The van der Waals surface area contributed by atoms with Crippen LogP contribution in [0.4, 0.5) is 0 Å². The van der Waals surface area contributed by atoms with Gasteiger partial charge in [0.1, 0.15) is 6.61 Å². The van der Waals surface area contributed by atoms with Crippen LogP contribution in [0.25, 0.3) is 0 Å². The Labute approximate surface area is 97.7 Å². The summed E-state index contributed by atoms with van der Waals surface area (Å²) in [7, 11) is 1.62. The van der Waals surface area contributed by atoms with Crippen molar-refractivity contribution in [2.75, 3.05) is 26.9 Å². The molecule has 4 nitrogen and oxygen atoms in total. The van der Waals surface area contributed by atoms with Crippen LogP contribution in [0.3, 0.4) is 0 Å². The van der Waals surface area contributed by atoms with Gasteiger partial charge in [-0.05, 0) is 25.7 Å². The van der Waals surface area contributed by atoms with Crippen LogP contribution in [-0.2, 0) is 14.3 Å². The summed E-state index contributed by atoms with van der Waals surface area (Å²) < 4.78 is 9.99. The van der Waals surface area contributed by atoms with Gasteiger partial charge in [-0.3, -0.25) is 4.79 Å².